The molecule has 0 bridgehead atoms. The Morgan fingerprint density at radius 3 is 2.65 bits per heavy atom. The van der Waals surface area contributed by atoms with Crippen LogP contribution in [-0.2, 0) is 0 Å². The number of aromatic nitrogens is 2. The Balaban J connectivity index is 2.21. The first-order valence-electron chi connectivity index (χ1n) is 6.93. The lowest BCUT2D eigenvalue weighted by atomic mass is 10.0. The van der Waals surface area contributed by atoms with E-state index in [9.17, 15) is 9.65 Å². The zero-order valence-electron chi connectivity index (χ0n) is 12.2. The second-order valence-corrected chi connectivity index (χ2v) is 4.82. The topological polar surface area (TPSA) is 85.5 Å². The van der Waals surface area contributed by atoms with Gasteiger partial charge in [0, 0.05) is 10.9 Å². The van der Waals surface area contributed by atoms with E-state index in [2.05, 4.69) is 16.3 Å². The van der Waals surface area contributed by atoms with E-state index in [1.165, 1.54) is 12.1 Å². The minimum absolute atomic E-state index is 0.0441. The molecule has 0 fully saturated rings. The van der Waals surface area contributed by atoms with Crippen molar-refractivity contribution < 1.29 is 9.13 Å². The lowest BCUT2D eigenvalue weighted by Gasteiger charge is -2.06. The molecule has 5 nitrogen and oxygen atoms in total. The molecule has 23 heavy (non-hydrogen) atoms. The van der Waals surface area contributed by atoms with Crippen molar-refractivity contribution in [3.8, 4) is 29.1 Å². The molecule has 0 unspecified atom stereocenters. The molecule has 6 heteroatoms. The fraction of sp³-hybridized carbons (Fsp3) is 0.118. The van der Waals surface area contributed by atoms with E-state index in [-0.39, 0.29) is 5.56 Å². The van der Waals surface area contributed by atoms with E-state index in [0.717, 1.165) is 5.39 Å². The van der Waals surface area contributed by atoms with Gasteiger partial charge in [0.05, 0.1) is 23.3 Å². The Hall–Kier alpha value is -3.38. The van der Waals surface area contributed by atoms with Gasteiger partial charge in [-0.15, -0.1) is 0 Å². The van der Waals surface area contributed by atoms with Crippen molar-refractivity contribution in [2.75, 3.05) is 6.61 Å². The van der Waals surface area contributed by atoms with Crippen molar-refractivity contribution in [2.24, 2.45) is 0 Å². The molecule has 0 saturated heterocycles. The molecule has 3 rings (SSSR count). The Morgan fingerprint density at radius 2 is 1.96 bits per heavy atom. The summed E-state index contributed by atoms with van der Waals surface area (Å²) in [7, 11) is 0. The number of H-pyrrole nitrogens is 1. The van der Waals surface area contributed by atoms with Crippen LogP contribution in [0.5, 0.6) is 5.75 Å². The van der Waals surface area contributed by atoms with Gasteiger partial charge in [-0.3, -0.25) is 5.10 Å². The maximum Gasteiger partial charge on any atom is 0.140 e. The number of ether oxygens (including phenoxy) is 1. The fourth-order valence-electron chi connectivity index (χ4n) is 2.39. The van der Waals surface area contributed by atoms with Crippen molar-refractivity contribution >= 4 is 10.9 Å². The normalized spacial score (nSPS) is 10.3. The summed E-state index contributed by atoms with van der Waals surface area (Å²) in [6.45, 7) is 2.27. The molecule has 0 aliphatic rings. The number of nitriles is 2. The van der Waals surface area contributed by atoms with E-state index in [1.807, 2.05) is 13.0 Å². The number of benzene rings is 2. The Kier molecular flexibility index (Phi) is 3.66. The number of nitrogens with one attached hydrogen (secondary N) is 1. The maximum absolute atomic E-state index is 13.5. The lowest BCUT2D eigenvalue weighted by Crippen LogP contribution is -1.94. The third-order valence-corrected chi connectivity index (χ3v) is 3.44. The smallest absolute Gasteiger partial charge is 0.140 e. The molecule has 1 heterocycles. The average molecular weight is 306 g/mol. The van der Waals surface area contributed by atoms with Gasteiger partial charge in [-0.05, 0) is 37.3 Å². The predicted octanol–water partition coefficient (Wildman–Crippen LogP) is 3.51. The zero-order valence-corrected chi connectivity index (χ0v) is 12.2. The Labute approximate surface area is 131 Å². The summed E-state index contributed by atoms with van der Waals surface area (Å²) in [5.74, 6) is -0.106. The summed E-state index contributed by atoms with van der Waals surface area (Å²) >= 11 is 0. The fourth-order valence-corrected chi connectivity index (χ4v) is 2.39. The van der Waals surface area contributed by atoms with Crippen LogP contribution in [-0.4, -0.2) is 16.8 Å². The first-order chi connectivity index (χ1) is 11.2. The monoisotopic (exact) mass is 306 g/mol. The van der Waals surface area contributed by atoms with Crippen LogP contribution in [0.25, 0.3) is 22.2 Å². The molecule has 3 aromatic rings. The number of hydrogen-bond donors (Lipinski definition) is 1. The largest absolute Gasteiger partial charge is 0.492 e. The number of hydrogen-bond acceptors (Lipinski definition) is 4. The molecular formula is C17H11FN4O. The Bertz CT molecular complexity index is 979. The molecule has 0 spiro atoms. The summed E-state index contributed by atoms with van der Waals surface area (Å²) in [5.41, 5.74) is 2.22. The van der Waals surface area contributed by atoms with Gasteiger partial charge in [-0.1, -0.05) is 0 Å². The highest BCUT2D eigenvalue weighted by Gasteiger charge is 2.14. The van der Waals surface area contributed by atoms with E-state index >= 15 is 0 Å². The van der Waals surface area contributed by atoms with Crippen LogP contribution in [0.4, 0.5) is 4.39 Å². The molecule has 1 N–H and O–H groups in total. The number of fused-ring (bicyclic) bond motifs is 1. The minimum atomic E-state index is -0.571. The molecule has 112 valence electrons. The predicted molar refractivity (Wildman–Crippen MR) is 82.1 cm³/mol. The highest BCUT2D eigenvalue weighted by molar-refractivity contribution is 5.95. The van der Waals surface area contributed by atoms with Gasteiger partial charge in [-0.25, -0.2) is 4.39 Å². The second-order valence-electron chi connectivity index (χ2n) is 4.82. The van der Waals surface area contributed by atoms with E-state index in [0.29, 0.717) is 34.7 Å². The molecule has 0 atom stereocenters. The summed E-state index contributed by atoms with van der Waals surface area (Å²) in [5, 5.41) is 26.0. The van der Waals surface area contributed by atoms with Crippen molar-refractivity contribution in [1.29, 1.82) is 10.5 Å². The molecule has 0 radical (unpaired) electrons. The van der Waals surface area contributed by atoms with Gasteiger partial charge >= 0.3 is 0 Å². The lowest BCUT2D eigenvalue weighted by molar-refractivity contribution is 0.340. The molecular weight excluding hydrogens is 295 g/mol. The summed E-state index contributed by atoms with van der Waals surface area (Å²) in [6, 6.07) is 11.5. The number of halogens is 1. The molecule has 0 aliphatic heterocycles. The van der Waals surface area contributed by atoms with Crippen LogP contribution >= 0.6 is 0 Å². The molecule has 0 saturated carbocycles. The molecule has 1 aromatic heterocycles. The highest BCUT2D eigenvalue weighted by Crippen LogP contribution is 2.32. The van der Waals surface area contributed by atoms with E-state index in [1.54, 1.807) is 18.2 Å². The SMILES string of the molecule is CCOc1cc2c(-c3ccc(F)c(C#N)c3)n[nH]c2cc1C#N. The number of aromatic amines is 1. The zero-order chi connectivity index (χ0) is 16.4. The van der Waals surface area contributed by atoms with Crippen LogP contribution in [0.3, 0.4) is 0 Å². The van der Waals surface area contributed by atoms with Crippen LogP contribution in [0, 0.1) is 28.5 Å². The summed E-state index contributed by atoms with van der Waals surface area (Å²) in [6.07, 6.45) is 0. The van der Waals surface area contributed by atoms with Crippen LogP contribution in [0.2, 0.25) is 0 Å². The Morgan fingerprint density at radius 1 is 1.17 bits per heavy atom. The summed E-state index contributed by atoms with van der Waals surface area (Å²) < 4.78 is 19.0. The van der Waals surface area contributed by atoms with Gasteiger partial charge < -0.3 is 4.74 Å². The highest BCUT2D eigenvalue weighted by atomic mass is 19.1. The van der Waals surface area contributed by atoms with Crippen molar-refractivity contribution in [2.45, 2.75) is 6.92 Å². The number of nitrogens with zero attached hydrogens (tertiary/aromatic N) is 3. The third-order valence-electron chi connectivity index (χ3n) is 3.44. The third kappa shape index (κ3) is 2.47. The van der Waals surface area contributed by atoms with Crippen LogP contribution < -0.4 is 4.74 Å². The minimum Gasteiger partial charge on any atom is -0.492 e. The van der Waals surface area contributed by atoms with E-state index < -0.39 is 5.82 Å². The van der Waals surface area contributed by atoms with Crippen LogP contribution in [0.15, 0.2) is 30.3 Å². The van der Waals surface area contributed by atoms with Crippen LogP contribution in [0.1, 0.15) is 18.1 Å². The molecule has 2 aromatic carbocycles. The van der Waals surface area contributed by atoms with Crippen molar-refractivity contribution in [3.05, 3.63) is 47.3 Å². The van der Waals surface area contributed by atoms with Gasteiger partial charge in [0.2, 0.25) is 0 Å². The maximum atomic E-state index is 13.5. The van der Waals surface area contributed by atoms with E-state index in [4.69, 9.17) is 10.00 Å². The standard InChI is InChI=1S/C17H11FN4O/c1-2-23-16-7-13-15(6-12(16)9-20)21-22-17(13)10-3-4-14(18)11(5-10)8-19/h3-7H,2H2,1H3,(H,21,22). The first kappa shape index (κ1) is 14.6. The number of rotatable bonds is 3. The molecule has 0 aliphatic carbocycles. The van der Waals surface area contributed by atoms with Gasteiger partial charge in [0.1, 0.15) is 29.4 Å². The molecule has 0 amide bonds. The van der Waals surface area contributed by atoms with Gasteiger partial charge in [0.15, 0.2) is 0 Å². The second kappa shape index (κ2) is 5.78. The summed E-state index contributed by atoms with van der Waals surface area (Å²) in [4.78, 5) is 0. The van der Waals surface area contributed by atoms with Crippen molar-refractivity contribution in [3.63, 3.8) is 0 Å². The van der Waals surface area contributed by atoms with Gasteiger partial charge in [0.25, 0.3) is 0 Å². The van der Waals surface area contributed by atoms with Crippen molar-refractivity contribution in [1.82, 2.24) is 10.2 Å². The first-order valence-corrected chi connectivity index (χ1v) is 6.93. The average Bonchev–Trinajstić information content (AvgIpc) is 2.97. The quantitative estimate of drug-likeness (QED) is 0.802. The van der Waals surface area contributed by atoms with Gasteiger partial charge in [-0.2, -0.15) is 15.6 Å².